The van der Waals surface area contributed by atoms with Gasteiger partial charge in [0.15, 0.2) is 0 Å². The summed E-state index contributed by atoms with van der Waals surface area (Å²) >= 11 is 1.85. The van der Waals surface area contributed by atoms with Gasteiger partial charge in [0.25, 0.3) is 0 Å². The number of benzene rings is 18. The van der Waals surface area contributed by atoms with Gasteiger partial charge in [-0.25, -0.2) is 0 Å². The van der Waals surface area contributed by atoms with Gasteiger partial charge in [0, 0.05) is 70.1 Å². The summed E-state index contributed by atoms with van der Waals surface area (Å²) in [4.78, 5) is 5.02. The van der Waals surface area contributed by atoms with E-state index < -0.39 is 10.8 Å². The molecule has 18 aromatic carbocycles. The van der Waals surface area contributed by atoms with Crippen molar-refractivity contribution in [2.45, 2.75) is 10.8 Å². The highest BCUT2D eigenvalue weighted by Gasteiger charge is 2.48. The highest BCUT2D eigenvalue weighted by molar-refractivity contribution is 7.25. The van der Waals surface area contributed by atoms with Gasteiger partial charge in [0.2, 0.25) is 0 Å². The van der Waals surface area contributed by atoms with E-state index in [0.717, 1.165) is 117 Å². The molecule has 20 aromatic rings. The van der Waals surface area contributed by atoms with Crippen LogP contribution in [0, 0.1) is 0 Å². The monoisotopic (exact) mass is 1470 g/mol. The molecule has 0 radical (unpaired) electrons. The van der Waals surface area contributed by atoms with Crippen LogP contribution >= 0.6 is 11.3 Å². The Hall–Kier alpha value is -14.4. The maximum Gasteiger partial charge on any atom is 0.143 e. The number of furan rings is 1. The number of fused-ring (bicyclic) bond motifs is 12. The van der Waals surface area contributed by atoms with Gasteiger partial charge < -0.3 is 14.2 Å². The van der Waals surface area contributed by atoms with E-state index in [1.54, 1.807) is 0 Å². The van der Waals surface area contributed by atoms with Crippen LogP contribution in [0.1, 0.15) is 44.5 Å². The fraction of sp³-hybridized carbons (Fsp3) is 0.0182. The van der Waals surface area contributed by atoms with Crippen LogP contribution in [-0.2, 0) is 10.8 Å². The van der Waals surface area contributed by atoms with Crippen molar-refractivity contribution < 1.29 is 4.42 Å². The first-order chi connectivity index (χ1) is 56.6. The van der Waals surface area contributed by atoms with Crippen molar-refractivity contribution >= 4 is 87.6 Å². The Kier molecular flexibility index (Phi) is 15.9. The summed E-state index contributed by atoms with van der Waals surface area (Å²) in [7, 11) is 0. The summed E-state index contributed by atoms with van der Waals surface area (Å²) in [5, 5.41) is 4.65. The Balaban J connectivity index is 0.699. The molecule has 114 heavy (non-hydrogen) atoms. The Morgan fingerprint density at radius 3 is 1.07 bits per heavy atom. The van der Waals surface area contributed by atoms with Gasteiger partial charge in [-0.3, -0.25) is 0 Å². The number of anilines is 6. The predicted octanol–water partition coefficient (Wildman–Crippen LogP) is 30.0. The Morgan fingerprint density at radius 1 is 0.202 bits per heavy atom. The SMILES string of the molecule is c1ccc(-c2ccccc2N(c2ccc3c(c2)C(c2ccccc2)(c2ccccc2)c2ccccc2-3)c2ccccc2-c2ccc3oc4c(-c5cccc(C6(c7ccccc7)c7ccccc7-c7ccc(N(c8ccccc8-c8ccccc8)c8ccccc8-c8ccc9sc%10ccccc%10c9c8)cc76)c5)cccc4c3c2)cc1. The van der Waals surface area contributed by atoms with Gasteiger partial charge in [0.05, 0.1) is 33.6 Å². The van der Waals surface area contributed by atoms with E-state index >= 15 is 0 Å². The molecule has 4 heteroatoms. The lowest BCUT2D eigenvalue weighted by atomic mass is 9.67. The lowest BCUT2D eigenvalue weighted by Gasteiger charge is -2.35. The van der Waals surface area contributed by atoms with E-state index in [2.05, 4.69) is 447 Å². The van der Waals surface area contributed by atoms with E-state index in [4.69, 9.17) is 4.42 Å². The highest BCUT2D eigenvalue weighted by Crippen LogP contribution is 2.61. The predicted molar refractivity (Wildman–Crippen MR) is 478 cm³/mol. The standard InChI is InChI=1S/C110H72N2OS/c1-6-32-73(33-7-1)84-44-18-25-55-101(84)111(82-62-64-91-89-48-16-23-53-97(89)109(99(91)71-82,78-37-10-3-11-38-78)79-39-12-4-13-40-79)103-57-27-20-46-86(103)76-60-66-105-95(69-76)94-52-31-51-88(108(94)113-105)75-36-30-43-81(68-75)110(80-41-14-5-15-42-80)98-54-24-17-49-90(98)92-65-63-83(72-100(92)110)112(102-56-26-19-45-85(102)74-34-8-2-9-35-74)104-58-28-21-47-87(104)77-61-67-107-96(70-77)93-50-22-29-59-106(93)114-107/h1-72H. The molecule has 0 aliphatic heterocycles. The third-order valence-corrected chi connectivity index (χ3v) is 25.2. The molecule has 0 amide bonds. The Morgan fingerprint density at radius 2 is 0.553 bits per heavy atom. The van der Waals surface area contributed by atoms with Crippen molar-refractivity contribution in [2.75, 3.05) is 9.80 Å². The number of rotatable bonds is 15. The van der Waals surface area contributed by atoms with Gasteiger partial charge in [-0.1, -0.05) is 352 Å². The van der Waals surface area contributed by atoms with Gasteiger partial charge in [-0.05, 0) is 180 Å². The molecular formula is C110H72N2OS. The molecule has 0 bridgehead atoms. The van der Waals surface area contributed by atoms with Crippen LogP contribution in [0.25, 0.3) is 120 Å². The number of hydrogen-bond donors (Lipinski definition) is 0. The normalized spacial score (nSPS) is 13.7. The van der Waals surface area contributed by atoms with Crippen LogP contribution in [0.15, 0.2) is 441 Å². The molecule has 1 atom stereocenters. The molecule has 2 aliphatic rings. The van der Waals surface area contributed by atoms with Crippen LogP contribution in [0.4, 0.5) is 34.1 Å². The maximum atomic E-state index is 7.29. The molecule has 2 aliphatic carbocycles. The average Bonchev–Trinajstić information content (AvgIpc) is 1.53. The first-order valence-corrected chi connectivity index (χ1v) is 40.1. The van der Waals surface area contributed by atoms with Crippen molar-refractivity contribution in [1.82, 2.24) is 0 Å². The number of thiophene rings is 1. The van der Waals surface area contributed by atoms with Crippen molar-refractivity contribution in [2.24, 2.45) is 0 Å². The Labute approximate surface area is 667 Å². The molecule has 2 heterocycles. The molecule has 3 nitrogen and oxygen atoms in total. The molecule has 2 aromatic heterocycles. The second-order valence-electron chi connectivity index (χ2n) is 30.0. The largest absolute Gasteiger partial charge is 0.455 e. The van der Waals surface area contributed by atoms with E-state index in [9.17, 15) is 0 Å². The quantitative estimate of drug-likeness (QED) is 0.102. The van der Waals surface area contributed by atoms with Crippen molar-refractivity contribution in [3.8, 4) is 77.9 Å². The van der Waals surface area contributed by atoms with Crippen LogP contribution in [-0.4, -0.2) is 0 Å². The zero-order chi connectivity index (χ0) is 75.3. The highest BCUT2D eigenvalue weighted by atomic mass is 32.1. The van der Waals surface area contributed by atoms with Gasteiger partial charge in [-0.15, -0.1) is 11.3 Å². The van der Waals surface area contributed by atoms with Gasteiger partial charge >= 0.3 is 0 Å². The molecule has 0 saturated heterocycles. The third kappa shape index (κ3) is 10.5. The summed E-state index contributed by atoms with van der Waals surface area (Å²) in [6.07, 6.45) is 0. The summed E-state index contributed by atoms with van der Waals surface area (Å²) in [6.45, 7) is 0. The van der Waals surface area contributed by atoms with Crippen LogP contribution < -0.4 is 9.80 Å². The maximum absolute atomic E-state index is 7.29. The molecular weight excluding hydrogens is 1400 g/mol. The van der Waals surface area contributed by atoms with Crippen molar-refractivity contribution in [3.63, 3.8) is 0 Å². The zero-order valence-corrected chi connectivity index (χ0v) is 63.1. The minimum Gasteiger partial charge on any atom is -0.455 e. The molecule has 22 rings (SSSR count). The number of para-hydroxylation sites is 5. The third-order valence-electron chi connectivity index (χ3n) is 24.0. The van der Waals surface area contributed by atoms with Crippen LogP contribution in [0.5, 0.6) is 0 Å². The second kappa shape index (κ2) is 27.3. The lowest BCUT2D eigenvalue weighted by Crippen LogP contribution is -2.29. The summed E-state index contributed by atoms with van der Waals surface area (Å²) in [5.74, 6) is 0. The summed E-state index contributed by atoms with van der Waals surface area (Å²) in [5.41, 5.74) is 32.5. The van der Waals surface area contributed by atoms with E-state index in [1.165, 1.54) is 81.4 Å². The van der Waals surface area contributed by atoms with E-state index in [0.29, 0.717) is 0 Å². The number of hydrogen-bond acceptors (Lipinski definition) is 4. The van der Waals surface area contributed by atoms with Crippen molar-refractivity contribution in [1.29, 1.82) is 0 Å². The van der Waals surface area contributed by atoms with Gasteiger partial charge in [0.1, 0.15) is 11.2 Å². The van der Waals surface area contributed by atoms with E-state index in [1.807, 2.05) is 11.3 Å². The van der Waals surface area contributed by atoms with E-state index in [-0.39, 0.29) is 0 Å². The molecule has 0 spiro atoms. The first-order valence-electron chi connectivity index (χ1n) is 39.3. The second-order valence-corrected chi connectivity index (χ2v) is 31.1. The fourth-order valence-corrected chi connectivity index (χ4v) is 20.3. The van der Waals surface area contributed by atoms with Crippen LogP contribution in [0.2, 0.25) is 0 Å². The van der Waals surface area contributed by atoms with Gasteiger partial charge in [-0.2, -0.15) is 0 Å². The summed E-state index contributed by atoms with van der Waals surface area (Å²) < 4.78 is 9.86. The minimum absolute atomic E-state index is 0.602. The molecule has 534 valence electrons. The Bertz CT molecular complexity index is 7090. The lowest BCUT2D eigenvalue weighted by molar-refractivity contribution is 0.670. The minimum atomic E-state index is -0.772. The van der Waals surface area contributed by atoms with Crippen molar-refractivity contribution in [3.05, 3.63) is 481 Å². The van der Waals surface area contributed by atoms with Crippen LogP contribution in [0.3, 0.4) is 0 Å². The fourth-order valence-electron chi connectivity index (χ4n) is 19.2. The smallest absolute Gasteiger partial charge is 0.143 e. The topological polar surface area (TPSA) is 19.6 Å². The number of nitrogens with zero attached hydrogens (tertiary/aromatic N) is 2. The summed E-state index contributed by atoms with van der Waals surface area (Å²) in [6, 6.07) is 162. The molecule has 0 saturated carbocycles. The average molecular weight is 1470 g/mol. The molecule has 0 N–H and O–H groups in total. The zero-order valence-electron chi connectivity index (χ0n) is 62.3. The molecule has 0 fully saturated rings. The molecule has 1 unspecified atom stereocenters. The first kappa shape index (κ1) is 66.6.